The zero-order valence-electron chi connectivity index (χ0n) is 18.4. The minimum atomic E-state index is -5.24. The van der Waals surface area contributed by atoms with Crippen LogP contribution in [0.15, 0.2) is 71.9 Å². The first-order valence-electron chi connectivity index (χ1n) is 10.7. The maximum atomic E-state index is 14.7. The fourth-order valence-corrected chi connectivity index (χ4v) is 3.95. The molecule has 1 aliphatic rings. The molecule has 174 valence electrons. The van der Waals surface area contributed by atoms with Gasteiger partial charge >= 0.3 is 6.18 Å². The van der Waals surface area contributed by atoms with E-state index in [2.05, 4.69) is 0 Å². The smallest absolute Gasteiger partial charge is 0.330 e. The van der Waals surface area contributed by atoms with Crippen molar-refractivity contribution in [2.75, 3.05) is 0 Å². The third kappa shape index (κ3) is 4.55. The summed E-state index contributed by atoms with van der Waals surface area (Å²) in [6.45, 7) is 2.94. The van der Waals surface area contributed by atoms with E-state index in [1.165, 1.54) is 31.2 Å². The van der Waals surface area contributed by atoms with Gasteiger partial charge in [-0.05, 0) is 18.9 Å². The number of ketones is 1. The second-order valence-electron chi connectivity index (χ2n) is 7.93. The highest BCUT2D eigenvalue weighted by molar-refractivity contribution is 6.18. The van der Waals surface area contributed by atoms with Gasteiger partial charge in [0.2, 0.25) is 11.4 Å². The topological polar surface area (TPSA) is 66.5 Å². The Morgan fingerprint density at radius 3 is 2.12 bits per heavy atom. The summed E-state index contributed by atoms with van der Waals surface area (Å²) in [4.78, 5) is 40.3. The third-order valence-corrected chi connectivity index (χ3v) is 5.66. The highest BCUT2D eigenvalue weighted by atomic mass is 19.4. The number of Topliss-reactive ketones (excluding diaryl/α,β-unsaturated/α-hetero) is 1. The summed E-state index contributed by atoms with van der Waals surface area (Å²) in [5, 5.41) is 1.93. The summed E-state index contributed by atoms with van der Waals surface area (Å²) in [6.07, 6.45) is -4.48. The van der Waals surface area contributed by atoms with Gasteiger partial charge in [0.25, 0.3) is 5.91 Å². The molecular formula is C25H25F3N2O3. The van der Waals surface area contributed by atoms with Gasteiger partial charge in [-0.15, -0.1) is 0 Å². The molecule has 0 aromatic heterocycles. The Balaban J connectivity index is 2.17. The van der Waals surface area contributed by atoms with Gasteiger partial charge in [-0.1, -0.05) is 74.0 Å². The predicted octanol–water partition coefficient (Wildman–Crippen LogP) is 4.79. The summed E-state index contributed by atoms with van der Waals surface area (Å²) in [7, 11) is 0. The molecule has 1 N–H and O–H groups in total. The standard InChI is InChI=1S/C25H25F3N2O3/c1-3-4-15-20(31)29-24(25(26,27)28)21(22(32)19-13-9-6-10-14-19)17(2)30(23(24)33)16-18-11-7-5-8-12-18/h5-14H,3-4,15-16H2,1-2H3,(H,29,31)/t24-/m1/s1. The zero-order valence-corrected chi connectivity index (χ0v) is 18.4. The lowest BCUT2D eigenvalue weighted by Gasteiger charge is -2.33. The summed E-state index contributed by atoms with van der Waals surface area (Å²) in [5.74, 6) is -3.28. The minimum absolute atomic E-state index is 0.00218. The molecule has 0 unspecified atom stereocenters. The fourth-order valence-electron chi connectivity index (χ4n) is 3.95. The van der Waals surface area contributed by atoms with Crippen LogP contribution in [0.3, 0.4) is 0 Å². The molecule has 8 heteroatoms. The van der Waals surface area contributed by atoms with Gasteiger partial charge in [-0.3, -0.25) is 14.4 Å². The Kier molecular flexibility index (Phi) is 7.05. The molecule has 1 aliphatic heterocycles. The molecule has 0 aliphatic carbocycles. The van der Waals surface area contributed by atoms with E-state index in [0.29, 0.717) is 18.4 Å². The number of allylic oxidation sites excluding steroid dienone is 1. The van der Waals surface area contributed by atoms with Gasteiger partial charge in [-0.25, -0.2) is 0 Å². The molecule has 0 saturated carbocycles. The van der Waals surface area contributed by atoms with E-state index in [0.717, 1.165) is 4.90 Å². The minimum Gasteiger partial charge on any atom is -0.330 e. The van der Waals surface area contributed by atoms with Crippen molar-refractivity contribution in [3.05, 3.63) is 83.1 Å². The van der Waals surface area contributed by atoms with Gasteiger partial charge in [0.15, 0.2) is 5.78 Å². The van der Waals surface area contributed by atoms with Crippen molar-refractivity contribution >= 4 is 17.6 Å². The van der Waals surface area contributed by atoms with Crippen molar-refractivity contribution in [1.29, 1.82) is 0 Å². The van der Waals surface area contributed by atoms with Gasteiger partial charge in [0.1, 0.15) is 0 Å². The van der Waals surface area contributed by atoms with Crippen molar-refractivity contribution in [1.82, 2.24) is 10.2 Å². The quantitative estimate of drug-likeness (QED) is 0.579. The number of carbonyl (C=O) groups is 3. The molecule has 2 amide bonds. The van der Waals surface area contributed by atoms with E-state index in [9.17, 15) is 27.6 Å². The van der Waals surface area contributed by atoms with E-state index in [4.69, 9.17) is 0 Å². The predicted molar refractivity (Wildman–Crippen MR) is 117 cm³/mol. The molecule has 5 nitrogen and oxygen atoms in total. The Morgan fingerprint density at radius 1 is 1.00 bits per heavy atom. The number of unbranched alkanes of at least 4 members (excludes halogenated alkanes) is 1. The lowest BCUT2D eigenvalue weighted by Crippen LogP contribution is -2.66. The zero-order chi connectivity index (χ0) is 24.2. The number of hydrogen-bond acceptors (Lipinski definition) is 3. The first-order chi connectivity index (χ1) is 15.6. The lowest BCUT2D eigenvalue weighted by atomic mass is 9.84. The lowest BCUT2D eigenvalue weighted by molar-refractivity contribution is -0.193. The molecule has 0 saturated heterocycles. The van der Waals surface area contributed by atoms with E-state index < -0.39 is 34.9 Å². The summed E-state index contributed by atoms with van der Waals surface area (Å²) < 4.78 is 44.1. The average Bonchev–Trinajstić information content (AvgIpc) is 3.00. The number of rotatable bonds is 8. The average molecular weight is 458 g/mol. The largest absolute Gasteiger partial charge is 0.425 e. The number of amides is 2. The van der Waals surface area contributed by atoms with Crippen molar-refractivity contribution in [2.24, 2.45) is 0 Å². The Hall–Kier alpha value is -3.42. The van der Waals surface area contributed by atoms with Crippen LogP contribution in [-0.4, -0.2) is 34.2 Å². The van der Waals surface area contributed by atoms with Crippen LogP contribution in [0, 0.1) is 0 Å². The molecule has 0 fully saturated rings. The molecule has 0 radical (unpaired) electrons. The molecule has 3 rings (SSSR count). The molecule has 1 atom stereocenters. The highest BCUT2D eigenvalue weighted by Gasteiger charge is 2.70. The molecule has 1 heterocycles. The highest BCUT2D eigenvalue weighted by Crippen LogP contribution is 2.46. The first kappa shape index (κ1) is 24.2. The van der Waals surface area contributed by atoms with Crippen molar-refractivity contribution in [2.45, 2.75) is 51.4 Å². The van der Waals surface area contributed by atoms with E-state index in [-0.39, 0.29) is 24.2 Å². The number of carbonyl (C=O) groups excluding carboxylic acids is 3. The normalized spacial score (nSPS) is 18.6. The van der Waals surface area contributed by atoms with Crippen LogP contribution in [0.25, 0.3) is 0 Å². The fraction of sp³-hybridized carbons (Fsp3) is 0.320. The maximum absolute atomic E-state index is 14.7. The number of nitrogens with one attached hydrogen (secondary N) is 1. The number of alkyl halides is 3. The molecule has 2 aromatic rings. The van der Waals surface area contributed by atoms with Gasteiger partial charge in [-0.2, -0.15) is 13.2 Å². The van der Waals surface area contributed by atoms with Crippen LogP contribution < -0.4 is 5.32 Å². The van der Waals surface area contributed by atoms with Crippen LogP contribution >= 0.6 is 0 Å². The molecule has 33 heavy (non-hydrogen) atoms. The Bertz CT molecular complexity index is 1070. The van der Waals surface area contributed by atoms with Crippen LogP contribution in [-0.2, 0) is 16.1 Å². The maximum Gasteiger partial charge on any atom is 0.425 e. The number of hydrogen-bond donors (Lipinski definition) is 1. The molecule has 0 spiro atoms. The molecule has 2 aromatic carbocycles. The Labute approximate surface area is 190 Å². The van der Waals surface area contributed by atoms with E-state index >= 15 is 0 Å². The second kappa shape index (κ2) is 9.60. The summed E-state index contributed by atoms with van der Waals surface area (Å²) in [5.41, 5.74) is -3.77. The summed E-state index contributed by atoms with van der Waals surface area (Å²) >= 11 is 0. The van der Waals surface area contributed by atoms with Crippen molar-refractivity contribution in [3.63, 3.8) is 0 Å². The van der Waals surface area contributed by atoms with Crippen molar-refractivity contribution in [3.8, 4) is 0 Å². The molecular weight excluding hydrogens is 433 g/mol. The van der Waals surface area contributed by atoms with Crippen LogP contribution in [0.1, 0.15) is 49.0 Å². The van der Waals surface area contributed by atoms with Crippen LogP contribution in [0.2, 0.25) is 0 Å². The van der Waals surface area contributed by atoms with Crippen molar-refractivity contribution < 1.29 is 27.6 Å². The number of benzene rings is 2. The number of halogens is 3. The van der Waals surface area contributed by atoms with E-state index in [1.807, 2.05) is 5.32 Å². The first-order valence-corrected chi connectivity index (χ1v) is 10.7. The number of nitrogens with zero attached hydrogens (tertiary/aromatic N) is 1. The van der Waals surface area contributed by atoms with Gasteiger partial charge in [0, 0.05) is 17.7 Å². The monoisotopic (exact) mass is 458 g/mol. The van der Waals surface area contributed by atoms with Gasteiger partial charge in [0.05, 0.1) is 12.1 Å². The SMILES string of the molecule is CCCCC(=O)N[C@@]1(C(F)(F)F)C(=O)N(Cc2ccccc2)C(C)=C1C(=O)c1ccccc1. The van der Waals surface area contributed by atoms with Crippen LogP contribution in [0.5, 0.6) is 0 Å². The van der Waals surface area contributed by atoms with Gasteiger partial charge < -0.3 is 10.2 Å². The third-order valence-electron chi connectivity index (χ3n) is 5.66. The van der Waals surface area contributed by atoms with Crippen LogP contribution in [0.4, 0.5) is 13.2 Å². The summed E-state index contributed by atoms with van der Waals surface area (Å²) in [6, 6.07) is 15.9. The second-order valence-corrected chi connectivity index (χ2v) is 7.93. The Morgan fingerprint density at radius 2 is 1.58 bits per heavy atom. The van der Waals surface area contributed by atoms with E-state index in [1.54, 1.807) is 43.3 Å². The molecule has 0 bridgehead atoms.